The van der Waals surface area contributed by atoms with Crippen LogP contribution in [0.1, 0.15) is 13.2 Å². The average molecular weight is 269 g/mol. The second kappa shape index (κ2) is 4.86. The lowest BCUT2D eigenvalue weighted by Gasteiger charge is -2.17. The molecule has 0 radical (unpaired) electrons. The molecular formula is C9H11N5O5. The highest BCUT2D eigenvalue weighted by molar-refractivity contribution is 5.29. The van der Waals surface area contributed by atoms with E-state index in [-0.39, 0.29) is 5.69 Å². The highest BCUT2D eigenvalue weighted by Gasteiger charge is 2.41. The molecule has 1 aromatic rings. The summed E-state index contributed by atoms with van der Waals surface area (Å²) in [7, 11) is 0. The molecule has 3 N–H and O–H groups in total. The molecule has 2 rings (SSSR count). The summed E-state index contributed by atoms with van der Waals surface area (Å²) in [5, 5.41) is 22.5. The normalized spacial score (nSPS) is 30.1. The van der Waals surface area contributed by atoms with Crippen molar-refractivity contribution < 1.29 is 14.9 Å². The Balaban J connectivity index is 2.52. The third-order valence-corrected chi connectivity index (χ3v) is 2.85. The second-order valence-electron chi connectivity index (χ2n) is 4.08. The molecule has 0 aromatic carbocycles. The Hall–Kier alpha value is -2.13. The van der Waals surface area contributed by atoms with Crippen LogP contribution in [0.15, 0.2) is 20.9 Å². The fourth-order valence-electron chi connectivity index (χ4n) is 1.84. The molecule has 4 atom stereocenters. The standard InChI is InChI=1S/C9H11N5O5/c1-3-5(15)6(16)8(19-3)14-2-4(12-13-10)7(17)11-9(14)18/h2-3,5-6,8,15-16H,1H3,(H,11,17,18)/t3-,5-,6-,8-/m1/s1. The van der Waals surface area contributed by atoms with Gasteiger partial charge in [0.15, 0.2) is 6.23 Å². The number of azide groups is 1. The van der Waals surface area contributed by atoms with Crippen LogP contribution in [0.25, 0.3) is 10.4 Å². The minimum Gasteiger partial charge on any atom is -0.388 e. The molecule has 1 aliphatic heterocycles. The maximum Gasteiger partial charge on any atom is 0.330 e. The average Bonchev–Trinajstić information content (AvgIpc) is 2.61. The van der Waals surface area contributed by atoms with Crippen molar-refractivity contribution in [2.24, 2.45) is 5.11 Å². The molecule has 0 amide bonds. The Morgan fingerprint density at radius 3 is 2.68 bits per heavy atom. The van der Waals surface area contributed by atoms with E-state index in [1.165, 1.54) is 6.92 Å². The van der Waals surface area contributed by atoms with E-state index in [1.807, 2.05) is 4.98 Å². The highest BCUT2D eigenvalue weighted by atomic mass is 16.6. The number of ether oxygens (including phenoxy) is 1. The first-order chi connectivity index (χ1) is 8.95. The molecule has 0 aliphatic carbocycles. The van der Waals surface area contributed by atoms with Crippen molar-refractivity contribution in [3.05, 3.63) is 37.5 Å². The number of aromatic amines is 1. The van der Waals surface area contributed by atoms with Crippen molar-refractivity contribution in [3.8, 4) is 0 Å². The van der Waals surface area contributed by atoms with E-state index in [0.29, 0.717) is 0 Å². The summed E-state index contributed by atoms with van der Waals surface area (Å²) in [5.74, 6) is 0. The first-order valence-electron chi connectivity index (χ1n) is 5.38. The van der Waals surface area contributed by atoms with Gasteiger partial charge in [0.1, 0.15) is 17.9 Å². The number of hydrogen-bond acceptors (Lipinski definition) is 6. The zero-order valence-corrected chi connectivity index (χ0v) is 9.79. The van der Waals surface area contributed by atoms with Gasteiger partial charge in [0.25, 0.3) is 5.56 Å². The summed E-state index contributed by atoms with van der Waals surface area (Å²) in [6.07, 6.45) is -3.37. The summed E-state index contributed by atoms with van der Waals surface area (Å²) in [5.41, 5.74) is 6.27. The first kappa shape index (κ1) is 13.3. The number of rotatable bonds is 2. The maximum atomic E-state index is 11.6. The molecule has 102 valence electrons. The van der Waals surface area contributed by atoms with Crippen molar-refractivity contribution in [1.82, 2.24) is 9.55 Å². The van der Waals surface area contributed by atoms with Crippen molar-refractivity contribution >= 4 is 5.69 Å². The van der Waals surface area contributed by atoms with Gasteiger partial charge in [-0.1, -0.05) is 5.11 Å². The van der Waals surface area contributed by atoms with Crippen LogP contribution >= 0.6 is 0 Å². The van der Waals surface area contributed by atoms with Crippen LogP contribution in [-0.4, -0.2) is 38.1 Å². The van der Waals surface area contributed by atoms with Gasteiger partial charge in [0.05, 0.1) is 6.10 Å². The van der Waals surface area contributed by atoms with Gasteiger partial charge in [0, 0.05) is 11.1 Å². The van der Waals surface area contributed by atoms with Crippen LogP contribution in [0.3, 0.4) is 0 Å². The van der Waals surface area contributed by atoms with Crippen LogP contribution in [0.4, 0.5) is 5.69 Å². The Kier molecular flexibility index (Phi) is 3.40. The zero-order chi connectivity index (χ0) is 14.2. The Bertz CT molecular complexity index is 645. The van der Waals surface area contributed by atoms with Crippen LogP contribution in [-0.2, 0) is 4.74 Å². The van der Waals surface area contributed by atoms with Gasteiger partial charge in [0.2, 0.25) is 0 Å². The number of hydrogen-bond donors (Lipinski definition) is 3. The smallest absolute Gasteiger partial charge is 0.330 e. The summed E-state index contributed by atoms with van der Waals surface area (Å²) in [6, 6.07) is 0. The van der Waals surface area contributed by atoms with E-state index >= 15 is 0 Å². The van der Waals surface area contributed by atoms with E-state index < -0.39 is 35.8 Å². The molecular weight excluding hydrogens is 258 g/mol. The number of aliphatic hydroxyl groups is 2. The lowest BCUT2D eigenvalue weighted by Crippen LogP contribution is -2.37. The van der Waals surface area contributed by atoms with E-state index in [9.17, 15) is 19.8 Å². The van der Waals surface area contributed by atoms with Crippen LogP contribution in [0, 0.1) is 0 Å². The number of nitrogens with zero attached hydrogens (tertiary/aromatic N) is 4. The van der Waals surface area contributed by atoms with Gasteiger partial charge in [-0.05, 0) is 12.5 Å². The van der Waals surface area contributed by atoms with Crippen LogP contribution in [0.5, 0.6) is 0 Å². The molecule has 0 spiro atoms. The fourth-order valence-corrected chi connectivity index (χ4v) is 1.84. The Labute approximate surface area is 105 Å². The first-order valence-corrected chi connectivity index (χ1v) is 5.38. The molecule has 0 bridgehead atoms. The molecule has 19 heavy (non-hydrogen) atoms. The topological polar surface area (TPSA) is 153 Å². The quantitative estimate of drug-likeness (QED) is 0.361. The molecule has 1 aliphatic rings. The molecule has 1 saturated heterocycles. The Morgan fingerprint density at radius 1 is 1.47 bits per heavy atom. The van der Waals surface area contributed by atoms with Crippen molar-refractivity contribution in [3.63, 3.8) is 0 Å². The fraction of sp³-hybridized carbons (Fsp3) is 0.556. The van der Waals surface area contributed by atoms with E-state index in [2.05, 4.69) is 10.0 Å². The van der Waals surface area contributed by atoms with Gasteiger partial charge in [-0.3, -0.25) is 14.3 Å². The van der Waals surface area contributed by atoms with E-state index in [4.69, 9.17) is 10.3 Å². The summed E-state index contributed by atoms with van der Waals surface area (Å²) in [6.45, 7) is 1.53. The Morgan fingerprint density at radius 2 is 2.16 bits per heavy atom. The largest absolute Gasteiger partial charge is 0.388 e. The maximum absolute atomic E-state index is 11.6. The zero-order valence-electron chi connectivity index (χ0n) is 9.79. The molecule has 0 saturated carbocycles. The summed E-state index contributed by atoms with van der Waals surface area (Å²) < 4.78 is 6.10. The molecule has 1 aromatic heterocycles. The minimum absolute atomic E-state index is 0.341. The van der Waals surface area contributed by atoms with E-state index in [0.717, 1.165) is 10.8 Å². The third-order valence-electron chi connectivity index (χ3n) is 2.85. The van der Waals surface area contributed by atoms with Gasteiger partial charge in [-0.25, -0.2) is 4.79 Å². The molecule has 10 heteroatoms. The lowest BCUT2D eigenvalue weighted by atomic mass is 10.1. The van der Waals surface area contributed by atoms with Gasteiger partial charge < -0.3 is 14.9 Å². The molecule has 1 fully saturated rings. The number of H-pyrrole nitrogens is 1. The van der Waals surface area contributed by atoms with Crippen molar-refractivity contribution in [2.45, 2.75) is 31.5 Å². The molecule has 10 nitrogen and oxygen atoms in total. The van der Waals surface area contributed by atoms with Crippen LogP contribution < -0.4 is 11.2 Å². The van der Waals surface area contributed by atoms with Crippen molar-refractivity contribution in [2.75, 3.05) is 0 Å². The summed E-state index contributed by atoms with van der Waals surface area (Å²) in [4.78, 5) is 27.3. The third kappa shape index (κ3) is 2.25. The van der Waals surface area contributed by atoms with Gasteiger partial charge in [-0.15, -0.1) is 0 Å². The predicted molar refractivity (Wildman–Crippen MR) is 61.7 cm³/mol. The minimum atomic E-state index is -1.34. The lowest BCUT2D eigenvalue weighted by molar-refractivity contribution is -0.0350. The number of aromatic nitrogens is 2. The SMILES string of the molecule is C[C@H]1O[C@@H](n2cc(N=[N+]=[N-])c(=O)[nH]c2=O)[C@H](O)[C@@H]1O. The second-order valence-corrected chi connectivity index (χ2v) is 4.08. The molecule has 2 heterocycles. The van der Waals surface area contributed by atoms with E-state index in [1.54, 1.807) is 0 Å². The summed E-state index contributed by atoms with van der Waals surface area (Å²) >= 11 is 0. The monoisotopic (exact) mass is 269 g/mol. The van der Waals surface area contributed by atoms with Gasteiger partial charge >= 0.3 is 5.69 Å². The van der Waals surface area contributed by atoms with Crippen molar-refractivity contribution in [1.29, 1.82) is 0 Å². The van der Waals surface area contributed by atoms with Crippen LogP contribution in [0.2, 0.25) is 0 Å². The molecule has 0 unspecified atom stereocenters. The predicted octanol–water partition coefficient (Wildman–Crippen LogP) is -0.883. The highest BCUT2D eigenvalue weighted by Crippen LogP contribution is 2.28. The van der Waals surface area contributed by atoms with Gasteiger partial charge in [-0.2, -0.15) is 0 Å². The number of aliphatic hydroxyl groups excluding tert-OH is 2. The number of nitrogens with one attached hydrogen (secondary N) is 1.